The summed E-state index contributed by atoms with van der Waals surface area (Å²) in [5, 5.41) is 9.64. The molecule has 0 saturated carbocycles. The minimum atomic E-state index is -0.371. The maximum Gasteiger partial charge on any atom is 0.254 e. The van der Waals surface area contributed by atoms with Gasteiger partial charge in [0.2, 0.25) is 0 Å². The molecule has 1 aliphatic heterocycles. The molecule has 1 fully saturated rings. The lowest BCUT2D eigenvalue weighted by molar-refractivity contribution is 0.0716. The number of piperidine rings is 1. The molecule has 1 saturated heterocycles. The molecule has 1 aromatic heterocycles. The van der Waals surface area contributed by atoms with E-state index in [1.807, 2.05) is 6.26 Å². The Morgan fingerprint density at radius 3 is 2.40 bits per heavy atom. The molecule has 20 heavy (non-hydrogen) atoms. The van der Waals surface area contributed by atoms with Crippen molar-refractivity contribution in [2.45, 2.75) is 17.6 Å². The number of hydrogen-bond donors (Lipinski definition) is 0. The van der Waals surface area contributed by atoms with Crippen LogP contribution >= 0.6 is 35.0 Å². The van der Waals surface area contributed by atoms with Gasteiger partial charge in [0.05, 0.1) is 6.07 Å². The molecule has 1 aromatic rings. The monoisotopic (exact) mass is 329 g/mol. The minimum absolute atomic E-state index is 0.121. The summed E-state index contributed by atoms with van der Waals surface area (Å²) in [7, 11) is 0. The second-order valence-electron chi connectivity index (χ2n) is 4.60. The quantitative estimate of drug-likeness (QED) is 0.781. The van der Waals surface area contributed by atoms with Gasteiger partial charge in [0.25, 0.3) is 5.91 Å². The number of likely N-dealkylation sites (tertiary alicyclic amines) is 1. The SMILES string of the molecule is CSC1(C#N)CCN(C(=O)c2cc(Cl)nc(Cl)c2)CC1. The average Bonchev–Trinajstić information content (AvgIpc) is 2.45. The number of hydrogen-bond acceptors (Lipinski definition) is 4. The lowest BCUT2D eigenvalue weighted by Gasteiger charge is -2.36. The van der Waals surface area contributed by atoms with Gasteiger partial charge in [-0.25, -0.2) is 4.98 Å². The van der Waals surface area contributed by atoms with Crippen molar-refractivity contribution in [2.75, 3.05) is 19.3 Å². The van der Waals surface area contributed by atoms with Gasteiger partial charge in [0.1, 0.15) is 15.1 Å². The Kier molecular flexibility index (Phi) is 4.79. The highest BCUT2D eigenvalue weighted by Crippen LogP contribution is 2.34. The van der Waals surface area contributed by atoms with Crippen molar-refractivity contribution in [2.24, 2.45) is 0 Å². The number of carbonyl (C=O) groups excluding carboxylic acids is 1. The van der Waals surface area contributed by atoms with Crippen molar-refractivity contribution in [1.82, 2.24) is 9.88 Å². The van der Waals surface area contributed by atoms with Crippen LogP contribution in [0, 0.1) is 11.3 Å². The molecule has 2 rings (SSSR count). The molecule has 4 nitrogen and oxygen atoms in total. The van der Waals surface area contributed by atoms with Crippen LogP contribution < -0.4 is 0 Å². The minimum Gasteiger partial charge on any atom is -0.338 e. The van der Waals surface area contributed by atoms with E-state index >= 15 is 0 Å². The van der Waals surface area contributed by atoms with Gasteiger partial charge in [0.15, 0.2) is 0 Å². The van der Waals surface area contributed by atoms with Crippen LogP contribution in [0.15, 0.2) is 12.1 Å². The summed E-state index contributed by atoms with van der Waals surface area (Å²) in [4.78, 5) is 17.9. The van der Waals surface area contributed by atoms with E-state index in [2.05, 4.69) is 11.1 Å². The van der Waals surface area contributed by atoms with E-state index in [-0.39, 0.29) is 21.0 Å². The topological polar surface area (TPSA) is 57.0 Å². The zero-order valence-electron chi connectivity index (χ0n) is 10.9. The first-order valence-corrected chi connectivity index (χ1v) is 8.06. The Balaban J connectivity index is 2.11. The maximum atomic E-state index is 12.4. The first-order valence-electron chi connectivity index (χ1n) is 6.08. The van der Waals surface area contributed by atoms with Crippen molar-refractivity contribution in [3.63, 3.8) is 0 Å². The number of carbonyl (C=O) groups is 1. The summed E-state index contributed by atoms with van der Waals surface area (Å²) in [5.74, 6) is -0.121. The number of amides is 1. The number of pyridine rings is 1. The second kappa shape index (κ2) is 6.21. The van der Waals surface area contributed by atoms with Gasteiger partial charge in [-0.2, -0.15) is 5.26 Å². The van der Waals surface area contributed by atoms with E-state index in [0.717, 1.165) is 0 Å². The molecule has 0 unspecified atom stereocenters. The fourth-order valence-corrected chi connectivity index (χ4v) is 3.35. The van der Waals surface area contributed by atoms with E-state index in [4.69, 9.17) is 23.2 Å². The highest BCUT2D eigenvalue weighted by atomic mass is 35.5. The van der Waals surface area contributed by atoms with Gasteiger partial charge in [-0.05, 0) is 31.2 Å². The van der Waals surface area contributed by atoms with Crippen molar-refractivity contribution < 1.29 is 4.79 Å². The molecular weight excluding hydrogens is 317 g/mol. The van der Waals surface area contributed by atoms with Crippen LogP contribution in [0.2, 0.25) is 10.3 Å². The lowest BCUT2D eigenvalue weighted by Crippen LogP contribution is -2.44. The van der Waals surface area contributed by atoms with Crippen molar-refractivity contribution >= 4 is 40.9 Å². The van der Waals surface area contributed by atoms with Crippen LogP contribution in [0.1, 0.15) is 23.2 Å². The standard InChI is InChI=1S/C13H13Cl2N3OS/c1-20-13(8-16)2-4-18(5-3-13)12(19)9-6-10(14)17-11(15)7-9/h6-7H,2-5H2,1H3. The van der Waals surface area contributed by atoms with E-state index < -0.39 is 0 Å². The molecule has 7 heteroatoms. The van der Waals surface area contributed by atoms with Crippen LogP contribution in [0.5, 0.6) is 0 Å². The number of aromatic nitrogens is 1. The zero-order chi connectivity index (χ0) is 14.8. The third-order valence-electron chi connectivity index (χ3n) is 3.46. The van der Waals surface area contributed by atoms with Crippen LogP contribution in [0.4, 0.5) is 0 Å². The van der Waals surface area contributed by atoms with Crippen LogP contribution in [0.25, 0.3) is 0 Å². The predicted molar refractivity (Wildman–Crippen MR) is 81.3 cm³/mol. The molecule has 1 amide bonds. The van der Waals surface area contributed by atoms with Gasteiger partial charge < -0.3 is 4.90 Å². The Morgan fingerprint density at radius 1 is 1.40 bits per heavy atom. The zero-order valence-corrected chi connectivity index (χ0v) is 13.2. The molecular formula is C13H13Cl2N3OS. The fraction of sp³-hybridized carbons (Fsp3) is 0.462. The normalized spacial score (nSPS) is 17.6. The molecule has 2 heterocycles. The average molecular weight is 330 g/mol. The van der Waals surface area contributed by atoms with Gasteiger partial charge in [-0.3, -0.25) is 4.79 Å². The molecule has 0 radical (unpaired) electrons. The van der Waals surface area contributed by atoms with E-state index in [1.165, 1.54) is 12.1 Å². The first-order chi connectivity index (χ1) is 9.49. The fourth-order valence-electron chi connectivity index (χ4n) is 2.20. The summed E-state index contributed by atoms with van der Waals surface area (Å²) in [6, 6.07) is 5.38. The molecule has 0 aliphatic carbocycles. The van der Waals surface area contributed by atoms with E-state index in [0.29, 0.717) is 31.5 Å². The highest BCUT2D eigenvalue weighted by molar-refractivity contribution is 8.00. The van der Waals surface area contributed by atoms with Crippen molar-refractivity contribution in [1.29, 1.82) is 5.26 Å². The van der Waals surface area contributed by atoms with E-state index in [9.17, 15) is 10.1 Å². The largest absolute Gasteiger partial charge is 0.338 e. The Bertz CT molecular complexity index is 545. The summed E-state index contributed by atoms with van der Waals surface area (Å²) in [6.45, 7) is 1.12. The second-order valence-corrected chi connectivity index (χ2v) is 6.57. The van der Waals surface area contributed by atoms with Crippen molar-refractivity contribution in [3.05, 3.63) is 28.0 Å². The highest BCUT2D eigenvalue weighted by Gasteiger charge is 2.35. The Hall–Kier alpha value is -0.960. The molecule has 0 aromatic carbocycles. The summed E-state index contributed by atoms with van der Waals surface area (Å²) < 4.78 is -0.371. The molecule has 1 aliphatic rings. The number of halogens is 2. The molecule has 0 spiro atoms. The number of thioether (sulfide) groups is 1. The smallest absolute Gasteiger partial charge is 0.254 e. The maximum absolute atomic E-state index is 12.4. The van der Waals surface area contributed by atoms with Crippen molar-refractivity contribution in [3.8, 4) is 6.07 Å². The Morgan fingerprint density at radius 2 is 1.95 bits per heavy atom. The molecule has 0 atom stereocenters. The predicted octanol–water partition coefficient (Wildman–Crippen LogP) is 3.25. The number of nitrogens with zero attached hydrogens (tertiary/aromatic N) is 3. The third kappa shape index (κ3) is 3.20. The first kappa shape index (κ1) is 15.4. The summed E-state index contributed by atoms with van der Waals surface area (Å²) in [5.41, 5.74) is 0.434. The van der Waals surface area contributed by atoms with E-state index in [1.54, 1.807) is 16.7 Å². The number of rotatable bonds is 2. The van der Waals surface area contributed by atoms with Crippen LogP contribution in [0.3, 0.4) is 0 Å². The molecule has 106 valence electrons. The Labute approximate surface area is 132 Å². The van der Waals surface area contributed by atoms with Gasteiger partial charge in [-0.15, -0.1) is 11.8 Å². The summed E-state index contributed by atoms with van der Waals surface area (Å²) >= 11 is 13.2. The molecule has 0 N–H and O–H groups in total. The van der Waals surface area contributed by atoms with Crippen LogP contribution in [-0.2, 0) is 0 Å². The summed E-state index contributed by atoms with van der Waals surface area (Å²) in [6.07, 6.45) is 3.27. The van der Waals surface area contributed by atoms with Gasteiger partial charge in [0, 0.05) is 18.7 Å². The molecule has 0 bridgehead atoms. The van der Waals surface area contributed by atoms with Gasteiger partial charge in [-0.1, -0.05) is 23.2 Å². The van der Waals surface area contributed by atoms with Gasteiger partial charge >= 0.3 is 0 Å². The third-order valence-corrected chi connectivity index (χ3v) is 5.13. The van der Waals surface area contributed by atoms with Crippen LogP contribution in [-0.4, -0.2) is 39.9 Å². The lowest BCUT2D eigenvalue weighted by atomic mass is 9.97. The number of nitriles is 1.